The van der Waals surface area contributed by atoms with Crippen LogP contribution in [-0.4, -0.2) is 44.8 Å². The van der Waals surface area contributed by atoms with Gasteiger partial charge in [0.05, 0.1) is 18.4 Å². The van der Waals surface area contributed by atoms with Gasteiger partial charge in [-0.25, -0.2) is 8.42 Å². The van der Waals surface area contributed by atoms with Gasteiger partial charge in [-0.05, 0) is 6.92 Å². The van der Waals surface area contributed by atoms with Crippen LogP contribution in [0.3, 0.4) is 0 Å². The summed E-state index contributed by atoms with van der Waals surface area (Å²) in [5.74, 6) is 0.240. The van der Waals surface area contributed by atoms with Crippen LogP contribution >= 0.6 is 0 Å². The molecule has 0 radical (unpaired) electrons. The summed E-state index contributed by atoms with van der Waals surface area (Å²) in [6.45, 7) is 3.06. The molecule has 0 aromatic carbocycles. The van der Waals surface area contributed by atoms with Crippen molar-refractivity contribution in [3.8, 4) is 0 Å². The maximum absolute atomic E-state index is 10.9. The highest BCUT2D eigenvalue weighted by Crippen LogP contribution is 2.18. The van der Waals surface area contributed by atoms with Crippen molar-refractivity contribution in [1.29, 1.82) is 0 Å². The summed E-state index contributed by atoms with van der Waals surface area (Å²) in [6, 6.07) is 0.0694. The second kappa shape index (κ2) is 3.08. The van der Waals surface area contributed by atoms with Gasteiger partial charge in [0, 0.05) is 13.7 Å². The van der Waals surface area contributed by atoms with Gasteiger partial charge in [0.15, 0.2) is 0 Å². The molecule has 4 nitrogen and oxygen atoms in total. The van der Waals surface area contributed by atoms with E-state index in [4.69, 9.17) is 4.74 Å². The third kappa shape index (κ3) is 1.72. The molecule has 0 bridgehead atoms. The molecule has 5 heteroatoms. The Bertz CT molecular complexity index is 224. The molecule has 0 aromatic rings. The van der Waals surface area contributed by atoms with Gasteiger partial charge in [0.25, 0.3) is 0 Å². The Morgan fingerprint density at radius 3 is 2.64 bits per heavy atom. The van der Waals surface area contributed by atoms with E-state index in [0.717, 1.165) is 0 Å². The normalized spacial score (nSPS) is 29.8. The molecule has 0 aromatic heterocycles. The molecule has 1 atom stereocenters. The molecule has 0 spiro atoms. The van der Waals surface area contributed by atoms with Gasteiger partial charge in [0.2, 0.25) is 10.0 Å². The predicted octanol–water partition coefficient (Wildman–Crippen LogP) is -0.333. The minimum absolute atomic E-state index is 0.0694. The Hall–Kier alpha value is -0.130. The van der Waals surface area contributed by atoms with E-state index in [0.29, 0.717) is 13.2 Å². The summed E-state index contributed by atoms with van der Waals surface area (Å²) in [5.41, 5.74) is 0. The van der Waals surface area contributed by atoms with Crippen LogP contribution in [0.5, 0.6) is 0 Å². The average Bonchev–Trinajstić information content (AvgIpc) is 1.97. The lowest BCUT2D eigenvalue weighted by atomic mass is 10.4. The summed E-state index contributed by atoms with van der Waals surface area (Å²) in [4.78, 5) is 0. The first-order chi connectivity index (χ1) is 5.08. The monoisotopic (exact) mass is 179 g/mol. The number of hydrogen-bond acceptors (Lipinski definition) is 3. The fourth-order valence-corrected chi connectivity index (χ4v) is 2.39. The van der Waals surface area contributed by atoms with Crippen molar-refractivity contribution in [1.82, 2.24) is 4.31 Å². The highest BCUT2D eigenvalue weighted by molar-refractivity contribution is 7.90. The van der Waals surface area contributed by atoms with Crippen LogP contribution in [-0.2, 0) is 14.8 Å². The largest absolute Gasteiger partial charge is 0.380 e. The zero-order valence-electron chi connectivity index (χ0n) is 6.78. The molecule has 0 N–H and O–H groups in total. The van der Waals surface area contributed by atoms with Gasteiger partial charge in [0.1, 0.15) is 0 Å². The van der Waals surface area contributed by atoms with Gasteiger partial charge >= 0.3 is 0 Å². The molecule has 1 fully saturated rings. The predicted molar refractivity (Wildman–Crippen MR) is 41.8 cm³/mol. The fourth-order valence-electron chi connectivity index (χ4n) is 1.01. The van der Waals surface area contributed by atoms with Crippen molar-refractivity contribution in [3.05, 3.63) is 0 Å². The number of rotatable bonds is 3. The number of sulfonamides is 1. The van der Waals surface area contributed by atoms with Crippen LogP contribution in [0, 0.1) is 0 Å². The molecule has 0 saturated carbocycles. The minimum Gasteiger partial charge on any atom is -0.380 e. The smallest absolute Gasteiger partial charge is 0.215 e. The Kier molecular flexibility index (Phi) is 2.51. The summed E-state index contributed by atoms with van der Waals surface area (Å²) >= 11 is 0. The zero-order valence-corrected chi connectivity index (χ0v) is 7.60. The summed E-state index contributed by atoms with van der Waals surface area (Å²) in [5, 5.41) is 0. The first-order valence-corrected chi connectivity index (χ1v) is 5.22. The summed E-state index contributed by atoms with van der Waals surface area (Å²) < 4.78 is 28.2. The second-order valence-electron chi connectivity index (χ2n) is 2.61. The van der Waals surface area contributed by atoms with E-state index in [9.17, 15) is 8.42 Å². The number of ether oxygens (including phenoxy) is 1. The standard InChI is InChI=1S/C6H13NO3S/c1-3-10-4-6-5-11(8,9)7(6)2/h6H,3-5H2,1-2H3. The third-order valence-electron chi connectivity index (χ3n) is 1.87. The van der Waals surface area contributed by atoms with Crippen molar-refractivity contribution in [2.75, 3.05) is 26.0 Å². The molecule has 1 aliphatic heterocycles. The van der Waals surface area contributed by atoms with Crippen molar-refractivity contribution >= 4 is 10.0 Å². The molecule has 1 heterocycles. The fraction of sp³-hybridized carbons (Fsp3) is 1.00. The van der Waals surface area contributed by atoms with Gasteiger partial charge in [-0.1, -0.05) is 0 Å². The number of nitrogens with zero attached hydrogens (tertiary/aromatic N) is 1. The van der Waals surface area contributed by atoms with Crippen molar-refractivity contribution in [2.24, 2.45) is 0 Å². The molecule has 1 saturated heterocycles. The van der Waals surface area contributed by atoms with Crippen LogP contribution in [0.4, 0.5) is 0 Å². The quantitative estimate of drug-likeness (QED) is 0.596. The molecule has 1 rings (SSSR count). The highest BCUT2D eigenvalue weighted by Gasteiger charge is 2.39. The molecule has 66 valence electrons. The van der Waals surface area contributed by atoms with Crippen LogP contribution in [0.25, 0.3) is 0 Å². The lowest BCUT2D eigenvalue weighted by Gasteiger charge is -2.36. The maximum Gasteiger partial charge on any atom is 0.215 e. The van der Waals surface area contributed by atoms with Crippen LogP contribution in [0.1, 0.15) is 6.92 Å². The third-order valence-corrected chi connectivity index (χ3v) is 3.85. The highest BCUT2D eigenvalue weighted by atomic mass is 32.2. The molecule has 1 unspecified atom stereocenters. The van der Waals surface area contributed by atoms with E-state index in [1.807, 2.05) is 6.92 Å². The van der Waals surface area contributed by atoms with Crippen molar-refractivity contribution in [2.45, 2.75) is 13.0 Å². The Balaban J connectivity index is 2.34. The van der Waals surface area contributed by atoms with E-state index in [1.54, 1.807) is 7.05 Å². The molecule has 0 aliphatic carbocycles. The lowest BCUT2D eigenvalue weighted by Crippen LogP contribution is -2.56. The van der Waals surface area contributed by atoms with Gasteiger partial charge in [-0.15, -0.1) is 0 Å². The van der Waals surface area contributed by atoms with E-state index < -0.39 is 10.0 Å². The van der Waals surface area contributed by atoms with Gasteiger partial charge in [-0.3, -0.25) is 0 Å². The minimum atomic E-state index is -2.89. The first-order valence-electron chi connectivity index (χ1n) is 3.61. The van der Waals surface area contributed by atoms with E-state index in [2.05, 4.69) is 0 Å². The second-order valence-corrected chi connectivity index (χ2v) is 4.68. The van der Waals surface area contributed by atoms with Gasteiger partial charge in [-0.2, -0.15) is 4.31 Å². The Labute approximate surface area is 67.2 Å². The van der Waals surface area contributed by atoms with E-state index in [1.165, 1.54) is 4.31 Å². The summed E-state index contributed by atoms with van der Waals surface area (Å²) in [6.07, 6.45) is 0. The number of likely N-dealkylation sites (N-methyl/N-ethyl adjacent to an activating group) is 1. The van der Waals surface area contributed by atoms with E-state index in [-0.39, 0.29) is 11.8 Å². The molecular weight excluding hydrogens is 166 g/mol. The Morgan fingerprint density at radius 2 is 2.27 bits per heavy atom. The lowest BCUT2D eigenvalue weighted by molar-refractivity contribution is 0.100. The zero-order chi connectivity index (χ0) is 8.48. The van der Waals surface area contributed by atoms with E-state index >= 15 is 0 Å². The SMILES string of the molecule is CCOCC1CS(=O)(=O)N1C. The van der Waals surface area contributed by atoms with Crippen molar-refractivity contribution < 1.29 is 13.2 Å². The van der Waals surface area contributed by atoms with Gasteiger partial charge < -0.3 is 4.74 Å². The molecule has 0 amide bonds. The molecule has 1 aliphatic rings. The Morgan fingerprint density at radius 1 is 1.64 bits per heavy atom. The van der Waals surface area contributed by atoms with Crippen LogP contribution in [0.2, 0.25) is 0 Å². The maximum atomic E-state index is 10.9. The van der Waals surface area contributed by atoms with Crippen molar-refractivity contribution in [3.63, 3.8) is 0 Å². The molecule has 11 heavy (non-hydrogen) atoms. The first kappa shape index (κ1) is 8.96. The topological polar surface area (TPSA) is 46.6 Å². The average molecular weight is 179 g/mol. The van der Waals surface area contributed by atoms with Crippen LogP contribution < -0.4 is 0 Å². The number of hydrogen-bond donors (Lipinski definition) is 0. The molecular formula is C6H13NO3S. The van der Waals surface area contributed by atoms with Crippen LogP contribution in [0.15, 0.2) is 0 Å². The summed E-state index contributed by atoms with van der Waals surface area (Å²) in [7, 11) is -1.30.